The quantitative estimate of drug-likeness (QED) is 0.545. The number of aliphatic hydroxyl groups excluding tert-OH is 2. The standard InChI is InChI=1S/C14H25ClN2O3/c1-3-12(16-9-13(18)8-15)5-4-11(2)17-6-7-20-10-14(17)19/h4-5,11,13-14,18-19H,3,6-10H2,1-2H3/b5-4-,16-12?. The van der Waals surface area contributed by atoms with Gasteiger partial charge in [-0.3, -0.25) is 9.89 Å². The summed E-state index contributed by atoms with van der Waals surface area (Å²) in [5.41, 5.74) is 0.920. The summed E-state index contributed by atoms with van der Waals surface area (Å²) >= 11 is 5.54. The molecule has 0 aromatic rings. The van der Waals surface area contributed by atoms with Gasteiger partial charge >= 0.3 is 0 Å². The summed E-state index contributed by atoms with van der Waals surface area (Å²) in [6, 6.07) is 0.114. The van der Waals surface area contributed by atoms with E-state index < -0.39 is 12.3 Å². The van der Waals surface area contributed by atoms with Crippen LogP contribution in [0.1, 0.15) is 20.3 Å². The van der Waals surface area contributed by atoms with Gasteiger partial charge in [-0.15, -0.1) is 11.6 Å². The van der Waals surface area contributed by atoms with Crippen molar-refractivity contribution in [3.05, 3.63) is 12.2 Å². The van der Waals surface area contributed by atoms with Crippen molar-refractivity contribution < 1.29 is 14.9 Å². The molecule has 1 saturated heterocycles. The molecule has 0 saturated carbocycles. The number of ether oxygens (including phenoxy) is 1. The molecule has 6 heteroatoms. The SMILES string of the molecule is CCC(/C=C\C(C)N1CCOCC1O)=NCC(O)CCl. The Morgan fingerprint density at radius 1 is 1.60 bits per heavy atom. The summed E-state index contributed by atoms with van der Waals surface area (Å²) in [4.78, 5) is 6.33. The van der Waals surface area contributed by atoms with Crippen LogP contribution in [0.2, 0.25) is 0 Å². The van der Waals surface area contributed by atoms with Crippen LogP contribution in [0.25, 0.3) is 0 Å². The van der Waals surface area contributed by atoms with Crippen molar-refractivity contribution in [1.29, 1.82) is 0 Å². The molecule has 1 rings (SSSR count). The average Bonchev–Trinajstić information content (AvgIpc) is 2.47. The Kier molecular flexibility index (Phi) is 8.33. The fourth-order valence-electron chi connectivity index (χ4n) is 1.99. The number of nitrogens with zero attached hydrogens (tertiary/aromatic N) is 2. The van der Waals surface area contributed by atoms with Gasteiger partial charge in [0.15, 0.2) is 0 Å². The number of aliphatic imine (C=N–C) groups is 1. The first kappa shape index (κ1) is 17.6. The smallest absolute Gasteiger partial charge is 0.131 e. The van der Waals surface area contributed by atoms with Crippen molar-refractivity contribution in [3.63, 3.8) is 0 Å². The van der Waals surface area contributed by atoms with Crippen LogP contribution in [0, 0.1) is 0 Å². The highest BCUT2D eigenvalue weighted by Gasteiger charge is 2.23. The van der Waals surface area contributed by atoms with Gasteiger partial charge in [-0.25, -0.2) is 0 Å². The zero-order valence-corrected chi connectivity index (χ0v) is 13.0. The van der Waals surface area contributed by atoms with Gasteiger partial charge in [0.05, 0.1) is 31.7 Å². The van der Waals surface area contributed by atoms with Gasteiger partial charge in [0.1, 0.15) is 6.23 Å². The fraction of sp³-hybridized carbons (Fsp3) is 0.786. The van der Waals surface area contributed by atoms with Gasteiger partial charge in [0.25, 0.3) is 0 Å². The lowest BCUT2D eigenvalue weighted by Crippen LogP contribution is -2.49. The van der Waals surface area contributed by atoms with E-state index in [9.17, 15) is 10.2 Å². The van der Waals surface area contributed by atoms with E-state index in [0.29, 0.717) is 19.8 Å². The number of rotatable bonds is 7. The van der Waals surface area contributed by atoms with Crippen molar-refractivity contribution in [2.45, 2.75) is 38.6 Å². The fourth-order valence-corrected chi connectivity index (χ4v) is 2.09. The molecule has 1 fully saturated rings. The van der Waals surface area contributed by atoms with Crippen LogP contribution >= 0.6 is 11.6 Å². The van der Waals surface area contributed by atoms with Crippen LogP contribution in [-0.2, 0) is 4.74 Å². The van der Waals surface area contributed by atoms with E-state index in [1.165, 1.54) is 0 Å². The highest BCUT2D eigenvalue weighted by molar-refractivity contribution is 6.18. The van der Waals surface area contributed by atoms with Gasteiger partial charge in [0.2, 0.25) is 0 Å². The number of alkyl halides is 1. The Morgan fingerprint density at radius 3 is 2.95 bits per heavy atom. The van der Waals surface area contributed by atoms with Crippen molar-refractivity contribution in [3.8, 4) is 0 Å². The van der Waals surface area contributed by atoms with Gasteiger partial charge < -0.3 is 14.9 Å². The van der Waals surface area contributed by atoms with E-state index in [2.05, 4.69) is 4.99 Å². The summed E-state index contributed by atoms with van der Waals surface area (Å²) in [5.74, 6) is 0.195. The summed E-state index contributed by atoms with van der Waals surface area (Å²) in [7, 11) is 0. The highest BCUT2D eigenvalue weighted by atomic mass is 35.5. The molecule has 3 atom stereocenters. The minimum Gasteiger partial charge on any atom is -0.390 e. The van der Waals surface area contributed by atoms with Crippen LogP contribution in [0.5, 0.6) is 0 Å². The molecule has 0 spiro atoms. The number of hydrogen-bond acceptors (Lipinski definition) is 5. The molecule has 116 valence electrons. The molecule has 2 N–H and O–H groups in total. The maximum absolute atomic E-state index is 9.86. The summed E-state index contributed by atoms with van der Waals surface area (Å²) in [5, 5.41) is 19.3. The number of halogens is 1. The predicted octanol–water partition coefficient (Wildman–Crippen LogP) is 1.03. The minimum absolute atomic E-state index is 0.114. The molecule has 0 aliphatic carbocycles. The Hall–Kier alpha value is -0.460. The molecule has 0 bridgehead atoms. The molecule has 0 radical (unpaired) electrons. The Bertz CT molecular complexity index is 336. The Morgan fingerprint density at radius 2 is 2.35 bits per heavy atom. The molecule has 0 aromatic carbocycles. The molecular weight excluding hydrogens is 280 g/mol. The van der Waals surface area contributed by atoms with Gasteiger partial charge in [-0.2, -0.15) is 0 Å². The molecule has 3 unspecified atom stereocenters. The third-order valence-electron chi connectivity index (χ3n) is 3.28. The second-order valence-corrected chi connectivity index (χ2v) is 5.20. The Balaban J connectivity index is 2.54. The first-order chi connectivity index (χ1) is 9.58. The molecule has 0 amide bonds. The molecule has 1 heterocycles. The lowest BCUT2D eigenvalue weighted by molar-refractivity contribution is -0.113. The lowest BCUT2D eigenvalue weighted by atomic mass is 10.2. The van der Waals surface area contributed by atoms with Crippen LogP contribution < -0.4 is 0 Å². The van der Waals surface area contributed by atoms with Crippen molar-refractivity contribution in [2.75, 3.05) is 32.2 Å². The summed E-state index contributed by atoms with van der Waals surface area (Å²) in [6.45, 7) is 6.10. The molecular formula is C14H25ClN2O3. The Labute approximate surface area is 125 Å². The average molecular weight is 305 g/mol. The van der Waals surface area contributed by atoms with E-state index >= 15 is 0 Å². The topological polar surface area (TPSA) is 65.3 Å². The van der Waals surface area contributed by atoms with Crippen molar-refractivity contribution in [2.24, 2.45) is 4.99 Å². The number of aliphatic hydroxyl groups is 2. The maximum Gasteiger partial charge on any atom is 0.131 e. The molecule has 5 nitrogen and oxygen atoms in total. The predicted molar refractivity (Wildman–Crippen MR) is 81.5 cm³/mol. The normalized spacial score (nSPS) is 25.1. The second kappa shape index (κ2) is 9.47. The van der Waals surface area contributed by atoms with Crippen molar-refractivity contribution in [1.82, 2.24) is 4.90 Å². The van der Waals surface area contributed by atoms with E-state index in [0.717, 1.165) is 18.7 Å². The van der Waals surface area contributed by atoms with Crippen molar-refractivity contribution >= 4 is 17.3 Å². The highest BCUT2D eigenvalue weighted by Crippen LogP contribution is 2.10. The number of hydrogen-bond donors (Lipinski definition) is 2. The summed E-state index contributed by atoms with van der Waals surface area (Å²) < 4.78 is 5.21. The molecule has 1 aliphatic rings. The molecule has 20 heavy (non-hydrogen) atoms. The van der Waals surface area contributed by atoms with Gasteiger partial charge in [-0.1, -0.05) is 13.0 Å². The maximum atomic E-state index is 9.86. The van der Waals surface area contributed by atoms with Crippen LogP contribution in [0.15, 0.2) is 17.1 Å². The lowest BCUT2D eigenvalue weighted by Gasteiger charge is -2.35. The van der Waals surface area contributed by atoms with Gasteiger partial charge in [-0.05, 0) is 19.4 Å². The monoisotopic (exact) mass is 304 g/mol. The van der Waals surface area contributed by atoms with Gasteiger partial charge in [0, 0.05) is 18.3 Å². The number of morpholine rings is 1. The van der Waals surface area contributed by atoms with E-state index in [1.807, 2.05) is 30.9 Å². The van der Waals surface area contributed by atoms with E-state index in [-0.39, 0.29) is 11.9 Å². The minimum atomic E-state index is -0.592. The third kappa shape index (κ3) is 5.89. The zero-order chi connectivity index (χ0) is 15.0. The van der Waals surface area contributed by atoms with E-state index in [4.69, 9.17) is 16.3 Å². The first-order valence-electron chi connectivity index (χ1n) is 7.05. The third-order valence-corrected chi connectivity index (χ3v) is 3.64. The first-order valence-corrected chi connectivity index (χ1v) is 7.59. The van der Waals surface area contributed by atoms with Crippen LogP contribution in [-0.4, -0.2) is 71.4 Å². The summed E-state index contributed by atoms with van der Waals surface area (Å²) in [6.07, 6.45) is 3.62. The zero-order valence-electron chi connectivity index (χ0n) is 12.2. The molecule has 1 aliphatic heterocycles. The molecule has 0 aromatic heterocycles. The van der Waals surface area contributed by atoms with E-state index in [1.54, 1.807) is 0 Å². The van der Waals surface area contributed by atoms with Crippen LogP contribution in [0.4, 0.5) is 0 Å². The second-order valence-electron chi connectivity index (χ2n) is 4.89. The largest absolute Gasteiger partial charge is 0.390 e. The van der Waals surface area contributed by atoms with Crippen LogP contribution in [0.3, 0.4) is 0 Å². The number of allylic oxidation sites excluding steroid dienone is 1.